The second kappa shape index (κ2) is 4.77. The van der Waals surface area contributed by atoms with E-state index in [0.717, 1.165) is 18.7 Å². The van der Waals surface area contributed by atoms with E-state index in [1.54, 1.807) is 6.92 Å². The molecule has 1 aromatic carbocycles. The van der Waals surface area contributed by atoms with Crippen molar-refractivity contribution in [3.63, 3.8) is 0 Å². The molecule has 1 unspecified atom stereocenters. The van der Waals surface area contributed by atoms with Crippen molar-refractivity contribution in [3.05, 3.63) is 35.4 Å². The minimum atomic E-state index is -0.358. The summed E-state index contributed by atoms with van der Waals surface area (Å²) < 4.78 is 0. The predicted octanol–water partition coefficient (Wildman–Crippen LogP) is 2.21. The Hall–Kier alpha value is -0.860. The largest absolute Gasteiger partial charge is 0.389 e. The van der Waals surface area contributed by atoms with E-state index in [1.807, 2.05) is 12.1 Å². The van der Waals surface area contributed by atoms with E-state index in [-0.39, 0.29) is 6.10 Å². The van der Waals surface area contributed by atoms with Gasteiger partial charge in [0.2, 0.25) is 0 Å². The highest BCUT2D eigenvalue weighted by molar-refractivity contribution is 5.27. The molecule has 2 heteroatoms. The molecule has 1 fully saturated rings. The molecule has 0 bridgehead atoms. The van der Waals surface area contributed by atoms with Crippen LogP contribution < -0.4 is 5.32 Å². The van der Waals surface area contributed by atoms with Crippen molar-refractivity contribution < 1.29 is 5.11 Å². The zero-order valence-electron chi connectivity index (χ0n) is 9.24. The first kappa shape index (κ1) is 10.7. The third-order valence-electron chi connectivity index (χ3n) is 3.19. The lowest BCUT2D eigenvalue weighted by atomic mass is 9.91. The summed E-state index contributed by atoms with van der Waals surface area (Å²) in [4.78, 5) is 0. The predicted molar refractivity (Wildman–Crippen MR) is 61.9 cm³/mol. The molecule has 0 amide bonds. The summed E-state index contributed by atoms with van der Waals surface area (Å²) in [6, 6.07) is 8.38. The molecule has 0 aliphatic carbocycles. The van der Waals surface area contributed by atoms with E-state index >= 15 is 0 Å². The van der Waals surface area contributed by atoms with Crippen LogP contribution in [0.25, 0.3) is 0 Å². The smallest absolute Gasteiger partial charge is 0.0761 e. The number of aliphatic hydroxyl groups excluding tert-OH is 1. The maximum atomic E-state index is 9.41. The maximum Gasteiger partial charge on any atom is 0.0761 e. The molecule has 0 radical (unpaired) electrons. The number of aliphatic hydroxyl groups is 1. The van der Waals surface area contributed by atoms with Gasteiger partial charge in [0.15, 0.2) is 0 Å². The van der Waals surface area contributed by atoms with Crippen LogP contribution in [0.15, 0.2) is 24.3 Å². The molecular weight excluding hydrogens is 186 g/mol. The van der Waals surface area contributed by atoms with Crippen LogP contribution >= 0.6 is 0 Å². The molecule has 82 valence electrons. The van der Waals surface area contributed by atoms with E-state index in [9.17, 15) is 5.11 Å². The molecule has 0 aromatic heterocycles. The van der Waals surface area contributed by atoms with Crippen LogP contribution in [-0.4, -0.2) is 18.2 Å². The molecule has 1 heterocycles. The van der Waals surface area contributed by atoms with Crippen molar-refractivity contribution >= 4 is 0 Å². The van der Waals surface area contributed by atoms with Gasteiger partial charge in [-0.25, -0.2) is 0 Å². The first-order valence-corrected chi connectivity index (χ1v) is 5.76. The van der Waals surface area contributed by atoms with Gasteiger partial charge in [-0.15, -0.1) is 0 Å². The van der Waals surface area contributed by atoms with Crippen molar-refractivity contribution in [1.82, 2.24) is 5.32 Å². The summed E-state index contributed by atoms with van der Waals surface area (Å²) in [6.07, 6.45) is 2.19. The quantitative estimate of drug-likeness (QED) is 0.776. The van der Waals surface area contributed by atoms with Gasteiger partial charge in [0.05, 0.1) is 6.10 Å². The molecule has 1 aromatic rings. The van der Waals surface area contributed by atoms with Crippen molar-refractivity contribution in [3.8, 4) is 0 Å². The molecule has 0 saturated carbocycles. The van der Waals surface area contributed by atoms with Crippen molar-refractivity contribution in [2.75, 3.05) is 13.1 Å². The number of benzene rings is 1. The van der Waals surface area contributed by atoms with Crippen LogP contribution in [0, 0.1) is 0 Å². The van der Waals surface area contributed by atoms with Gasteiger partial charge < -0.3 is 10.4 Å². The molecular formula is C13H19NO. The highest BCUT2D eigenvalue weighted by Crippen LogP contribution is 2.24. The maximum absolute atomic E-state index is 9.41. The summed E-state index contributed by atoms with van der Waals surface area (Å²) in [6.45, 7) is 4.05. The lowest BCUT2D eigenvalue weighted by Crippen LogP contribution is -2.28. The molecule has 0 spiro atoms. The summed E-state index contributed by atoms with van der Waals surface area (Å²) in [5, 5.41) is 12.8. The normalized spacial score (nSPS) is 23.7. The second-order valence-corrected chi connectivity index (χ2v) is 4.39. The highest BCUT2D eigenvalue weighted by atomic mass is 16.3. The van der Waals surface area contributed by atoms with Gasteiger partial charge in [0.1, 0.15) is 0 Å². The fourth-order valence-corrected chi connectivity index (χ4v) is 2.18. The van der Waals surface area contributed by atoms with E-state index in [4.69, 9.17) is 0 Å². The van der Waals surface area contributed by atoms with Crippen molar-refractivity contribution in [1.29, 1.82) is 0 Å². The number of piperidine rings is 1. The average molecular weight is 205 g/mol. The van der Waals surface area contributed by atoms with Crippen LogP contribution in [0.3, 0.4) is 0 Å². The van der Waals surface area contributed by atoms with Gasteiger partial charge in [-0.05, 0) is 43.4 Å². The van der Waals surface area contributed by atoms with Crippen LogP contribution in [-0.2, 0) is 0 Å². The first-order valence-electron chi connectivity index (χ1n) is 5.76. The fraction of sp³-hybridized carbons (Fsp3) is 0.538. The molecule has 1 aliphatic heterocycles. The lowest BCUT2D eigenvalue weighted by Gasteiger charge is -2.23. The monoisotopic (exact) mass is 205 g/mol. The number of rotatable bonds is 2. The van der Waals surface area contributed by atoms with E-state index < -0.39 is 0 Å². The summed E-state index contributed by atoms with van der Waals surface area (Å²) in [5.41, 5.74) is 2.40. The van der Waals surface area contributed by atoms with E-state index in [0.29, 0.717) is 5.92 Å². The summed E-state index contributed by atoms with van der Waals surface area (Å²) in [5.74, 6) is 0.654. The highest BCUT2D eigenvalue weighted by Gasteiger charge is 2.14. The molecule has 2 nitrogen and oxygen atoms in total. The number of nitrogens with one attached hydrogen (secondary N) is 1. The third-order valence-corrected chi connectivity index (χ3v) is 3.19. The zero-order chi connectivity index (χ0) is 10.7. The van der Waals surface area contributed by atoms with Crippen LogP contribution in [0.1, 0.15) is 42.9 Å². The van der Waals surface area contributed by atoms with Crippen LogP contribution in [0.5, 0.6) is 0 Å². The van der Waals surface area contributed by atoms with Gasteiger partial charge in [-0.2, -0.15) is 0 Å². The average Bonchev–Trinajstić information content (AvgIpc) is 2.30. The Morgan fingerprint density at radius 2 is 2.07 bits per heavy atom. The van der Waals surface area contributed by atoms with E-state index in [1.165, 1.54) is 18.4 Å². The minimum Gasteiger partial charge on any atom is -0.389 e. The SMILES string of the molecule is CC(O)c1ccc([C@H]2CCCNC2)cc1. The molecule has 15 heavy (non-hydrogen) atoms. The van der Waals surface area contributed by atoms with Crippen molar-refractivity contribution in [2.45, 2.75) is 31.8 Å². The third kappa shape index (κ3) is 2.58. The van der Waals surface area contributed by atoms with Gasteiger partial charge in [-0.1, -0.05) is 24.3 Å². The Balaban J connectivity index is 2.08. The minimum absolute atomic E-state index is 0.358. The van der Waals surface area contributed by atoms with Crippen molar-refractivity contribution in [2.24, 2.45) is 0 Å². The second-order valence-electron chi connectivity index (χ2n) is 4.39. The Labute approximate surface area is 91.3 Å². The van der Waals surface area contributed by atoms with Gasteiger partial charge in [0.25, 0.3) is 0 Å². The van der Waals surface area contributed by atoms with Crippen LogP contribution in [0.2, 0.25) is 0 Å². The Morgan fingerprint density at radius 1 is 1.33 bits per heavy atom. The summed E-state index contributed by atoms with van der Waals surface area (Å²) in [7, 11) is 0. The Kier molecular flexibility index (Phi) is 3.39. The number of hydrogen-bond acceptors (Lipinski definition) is 2. The molecule has 2 rings (SSSR count). The van der Waals surface area contributed by atoms with Gasteiger partial charge in [-0.3, -0.25) is 0 Å². The topological polar surface area (TPSA) is 32.3 Å². The van der Waals surface area contributed by atoms with E-state index in [2.05, 4.69) is 17.4 Å². The lowest BCUT2D eigenvalue weighted by molar-refractivity contribution is 0.199. The Bertz CT molecular complexity index is 299. The fourth-order valence-electron chi connectivity index (χ4n) is 2.18. The standard InChI is InChI=1S/C13H19NO/c1-10(15)11-4-6-12(7-5-11)13-3-2-8-14-9-13/h4-7,10,13-15H,2-3,8-9H2,1H3/t10?,13-/m0/s1. The Morgan fingerprint density at radius 3 is 2.60 bits per heavy atom. The molecule has 1 saturated heterocycles. The molecule has 2 N–H and O–H groups in total. The number of hydrogen-bond donors (Lipinski definition) is 2. The van der Waals surface area contributed by atoms with Gasteiger partial charge in [0, 0.05) is 6.54 Å². The van der Waals surface area contributed by atoms with Crippen LogP contribution in [0.4, 0.5) is 0 Å². The van der Waals surface area contributed by atoms with Gasteiger partial charge >= 0.3 is 0 Å². The molecule has 1 aliphatic rings. The zero-order valence-corrected chi connectivity index (χ0v) is 9.24. The molecule has 2 atom stereocenters. The first-order chi connectivity index (χ1) is 7.27. The summed E-state index contributed by atoms with van der Waals surface area (Å²) >= 11 is 0.